The Bertz CT molecular complexity index is 317. The topological polar surface area (TPSA) is 49.4 Å². The Morgan fingerprint density at radius 3 is 2.72 bits per heavy atom. The fourth-order valence-corrected chi connectivity index (χ4v) is 3.69. The quantitative estimate of drug-likeness (QED) is 0.712. The molecular formula is C13H28N2O2S. The molecule has 0 aromatic heterocycles. The maximum atomic E-state index is 11.5. The van der Waals surface area contributed by atoms with E-state index in [4.69, 9.17) is 0 Å². The summed E-state index contributed by atoms with van der Waals surface area (Å²) in [6.45, 7) is 8.21. The van der Waals surface area contributed by atoms with Gasteiger partial charge in [-0.05, 0) is 52.2 Å². The Labute approximate surface area is 112 Å². The maximum Gasteiger partial charge on any atom is 0.151 e. The van der Waals surface area contributed by atoms with Gasteiger partial charge in [0.1, 0.15) is 0 Å². The minimum atomic E-state index is -2.77. The third-order valence-corrected chi connectivity index (χ3v) is 5.33. The van der Waals surface area contributed by atoms with Gasteiger partial charge in [0.25, 0.3) is 0 Å². The van der Waals surface area contributed by atoms with Gasteiger partial charge < -0.3 is 5.32 Å². The largest absolute Gasteiger partial charge is 0.317 e. The zero-order valence-electron chi connectivity index (χ0n) is 11.8. The summed E-state index contributed by atoms with van der Waals surface area (Å²) in [6.07, 6.45) is 4.29. The Hall–Kier alpha value is -0.130. The van der Waals surface area contributed by atoms with Crippen LogP contribution in [0, 0.1) is 0 Å². The van der Waals surface area contributed by atoms with Crippen molar-refractivity contribution < 1.29 is 8.42 Å². The molecule has 108 valence electrons. The minimum Gasteiger partial charge on any atom is -0.317 e. The molecule has 0 aromatic rings. The normalized spacial score (nSPS) is 22.6. The van der Waals surface area contributed by atoms with E-state index in [9.17, 15) is 8.42 Å². The fraction of sp³-hybridized carbons (Fsp3) is 1.00. The van der Waals surface area contributed by atoms with Gasteiger partial charge in [-0.1, -0.05) is 6.92 Å². The van der Waals surface area contributed by atoms with Crippen LogP contribution in [0.4, 0.5) is 0 Å². The first-order valence-electron chi connectivity index (χ1n) is 7.20. The third-order valence-electron chi connectivity index (χ3n) is 3.62. The SMILES string of the molecule is CCCNCCCC(C)N1CCCS(=O)(=O)CC1. The Morgan fingerprint density at radius 1 is 1.22 bits per heavy atom. The molecule has 18 heavy (non-hydrogen) atoms. The highest BCUT2D eigenvalue weighted by molar-refractivity contribution is 7.91. The Morgan fingerprint density at radius 2 is 2.00 bits per heavy atom. The Kier molecular flexibility index (Phi) is 7.19. The molecule has 0 aromatic carbocycles. The summed E-state index contributed by atoms with van der Waals surface area (Å²) < 4.78 is 23.1. The summed E-state index contributed by atoms with van der Waals surface area (Å²) in [5.41, 5.74) is 0. The van der Waals surface area contributed by atoms with Gasteiger partial charge in [0.15, 0.2) is 9.84 Å². The predicted octanol–water partition coefficient (Wildman–Crippen LogP) is 1.28. The van der Waals surface area contributed by atoms with Crippen LogP contribution in [0.5, 0.6) is 0 Å². The first kappa shape index (κ1) is 15.9. The lowest BCUT2D eigenvalue weighted by molar-refractivity contribution is 0.212. The van der Waals surface area contributed by atoms with Gasteiger partial charge in [-0.3, -0.25) is 4.90 Å². The highest BCUT2D eigenvalue weighted by atomic mass is 32.2. The van der Waals surface area contributed by atoms with Crippen molar-refractivity contribution in [1.82, 2.24) is 10.2 Å². The smallest absolute Gasteiger partial charge is 0.151 e. The van der Waals surface area contributed by atoms with Crippen molar-refractivity contribution in [1.29, 1.82) is 0 Å². The lowest BCUT2D eigenvalue weighted by atomic mass is 10.1. The molecule has 0 amide bonds. The van der Waals surface area contributed by atoms with Gasteiger partial charge in [0, 0.05) is 12.6 Å². The van der Waals surface area contributed by atoms with E-state index < -0.39 is 9.84 Å². The van der Waals surface area contributed by atoms with Gasteiger partial charge in [0.05, 0.1) is 11.5 Å². The molecule has 1 unspecified atom stereocenters. The van der Waals surface area contributed by atoms with E-state index in [1.807, 2.05) is 0 Å². The molecule has 1 aliphatic rings. The number of rotatable bonds is 7. The summed E-state index contributed by atoms with van der Waals surface area (Å²) in [5.74, 6) is 0.708. The molecule has 0 spiro atoms. The minimum absolute atomic E-state index is 0.339. The zero-order valence-corrected chi connectivity index (χ0v) is 12.6. The lowest BCUT2D eigenvalue weighted by Crippen LogP contribution is -2.36. The molecule has 1 heterocycles. The lowest BCUT2D eigenvalue weighted by Gasteiger charge is -2.27. The highest BCUT2D eigenvalue weighted by Crippen LogP contribution is 2.11. The standard InChI is InChI=1S/C13H28N2O2S/c1-3-7-14-8-4-6-13(2)15-9-5-11-18(16,17)12-10-15/h13-14H,3-12H2,1-2H3. The number of hydrogen-bond acceptors (Lipinski definition) is 4. The molecule has 4 nitrogen and oxygen atoms in total. The average Bonchev–Trinajstić information content (AvgIpc) is 2.50. The molecule has 0 aliphatic carbocycles. The number of hydrogen-bond donors (Lipinski definition) is 1. The third kappa shape index (κ3) is 6.16. The van der Waals surface area contributed by atoms with E-state index in [-0.39, 0.29) is 0 Å². The van der Waals surface area contributed by atoms with E-state index in [0.29, 0.717) is 24.1 Å². The van der Waals surface area contributed by atoms with Crippen LogP contribution < -0.4 is 5.32 Å². The summed E-state index contributed by atoms with van der Waals surface area (Å²) in [7, 11) is -2.77. The van der Waals surface area contributed by atoms with E-state index in [2.05, 4.69) is 24.1 Å². The summed E-state index contributed by atoms with van der Waals surface area (Å²) in [6, 6.07) is 0.502. The van der Waals surface area contributed by atoms with Crippen LogP contribution in [0.25, 0.3) is 0 Å². The molecule has 5 heteroatoms. The van der Waals surface area contributed by atoms with E-state index in [1.165, 1.54) is 12.8 Å². The van der Waals surface area contributed by atoms with Crippen molar-refractivity contribution in [3.8, 4) is 0 Å². The zero-order chi connectivity index (χ0) is 13.4. The van der Waals surface area contributed by atoms with Crippen LogP contribution in [0.1, 0.15) is 39.5 Å². The van der Waals surface area contributed by atoms with Crippen LogP contribution in [-0.2, 0) is 9.84 Å². The van der Waals surface area contributed by atoms with Crippen LogP contribution in [0.2, 0.25) is 0 Å². The molecule has 1 fully saturated rings. The molecule has 1 aliphatic heterocycles. The van der Waals surface area contributed by atoms with Crippen LogP contribution in [0.15, 0.2) is 0 Å². The van der Waals surface area contributed by atoms with Crippen molar-refractivity contribution in [2.45, 2.75) is 45.6 Å². The molecule has 0 bridgehead atoms. The molecular weight excluding hydrogens is 248 g/mol. The second kappa shape index (κ2) is 8.12. The summed E-state index contributed by atoms with van der Waals surface area (Å²) in [5, 5.41) is 3.40. The number of nitrogens with one attached hydrogen (secondary N) is 1. The van der Waals surface area contributed by atoms with Crippen molar-refractivity contribution in [2.24, 2.45) is 0 Å². The van der Waals surface area contributed by atoms with Crippen molar-refractivity contribution in [3.05, 3.63) is 0 Å². The van der Waals surface area contributed by atoms with E-state index in [0.717, 1.165) is 32.5 Å². The molecule has 1 saturated heterocycles. The summed E-state index contributed by atoms with van der Waals surface area (Å²) >= 11 is 0. The van der Waals surface area contributed by atoms with Crippen LogP contribution in [-0.4, -0.2) is 57.0 Å². The van der Waals surface area contributed by atoms with Gasteiger partial charge in [-0.15, -0.1) is 0 Å². The van der Waals surface area contributed by atoms with Gasteiger partial charge >= 0.3 is 0 Å². The first-order valence-corrected chi connectivity index (χ1v) is 9.02. The second-order valence-corrected chi connectivity index (χ2v) is 7.59. The molecule has 0 radical (unpaired) electrons. The Balaban J connectivity index is 2.22. The second-order valence-electron chi connectivity index (χ2n) is 5.28. The number of sulfone groups is 1. The predicted molar refractivity (Wildman–Crippen MR) is 76.7 cm³/mol. The molecule has 1 atom stereocenters. The van der Waals surface area contributed by atoms with E-state index >= 15 is 0 Å². The summed E-state index contributed by atoms with van der Waals surface area (Å²) in [4.78, 5) is 2.34. The highest BCUT2D eigenvalue weighted by Gasteiger charge is 2.21. The molecule has 1 N–H and O–H groups in total. The molecule has 1 rings (SSSR count). The van der Waals surface area contributed by atoms with Gasteiger partial charge in [-0.25, -0.2) is 8.42 Å². The van der Waals surface area contributed by atoms with Crippen molar-refractivity contribution in [2.75, 3.05) is 37.7 Å². The number of nitrogens with zero attached hydrogens (tertiary/aromatic N) is 1. The van der Waals surface area contributed by atoms with Crippen LogP contribution in [0.3, 0.4) is 0 Å². The first-order chi connectivity index (χ1) is 8.55. The monoisotopic (exact) mass is 276 g/mol. The fourth-order valence-electron chi connectivity index (χ4n) is 2.41. The van der Waals surface area contributed by atoms with Crippen LogP contribution >= 0.6 is 0 Å². The van der Waals surface area contributed by atoms with Gasteiger partial charge in [-0.2, -0.15) is 0 Å². The van der Waals surface area contributed by atoms with E-state index in [1.54, 1.807) is 0 Å². The van der Waals surface area contributed by atoms with Crippen molar-refractivity contribution in [3.63, 3.8) is 0 Å². The maximum absolute atomic E-state index is 11.5. The molecule has 0 saturated carbocycles. The van der Waals surface area contributed by atoms with Gasteiger partial charge in [0.2, 0.25) is 0 Å². The van der Waals surface area contributed by atoms with Crippen molar-refractivity contribution >= 4 is 9.84 Å². The average molecular weight is 276 g/mol.